The van der Waals surface area contributed by atoms with E-state index in [4.69, 9.17) is 5.73 Å². The largest absolute Gasteiger partial charge is 0.326 e. The number of carbonyl (C=O) groups excluding carboxylic acids is 3. The van der Waals surface area contributed by atoms with E-state index >= 15 is 0 Å². The molecule has 0 aromatic heterocycles. The van der Waals surface area contributed by atoms with Gasteiger partial charge in [0, 0.05) is 37.2 Å². The highest BCUT2D eigenvalue weighted by Gasteiger charge is 2.39. The standard InChI is InChI=1S/C21H28N4O3/c22-16-7-2-1-3-8-17(16)23-11-13-5-4-6-14-15(13)12-25(21(14)28)18-9-10-19(26)24-20(18)27/h4-6,16-18,23H,1-3,7-12,22H2,(H,24,26,27)/t16-,17+,18?/m1/s1. The maximum Gasteiger partial charge on any atom is 0.255 e. The number of nitrogens with two attached hydrogens (primary N) is 1. The molecule has 1 unspecified atom stereocenters. The van der Waals surface area contributed by atoms with Crippen LogP contribution >= 0.6 is 0 Å². The second-order valence-corrected chi connectivity index (χ2v) is 8.13. The lowest BCUT2D eigenvalue weighted by Gasteiger charge is -2.29. The summed E-state index contributed by atoms with van der Waals surface area (Å²) in [5, 5.41) is 5.95. The number of hydrogen-bond acceptors (Lipinski definition) is 5. The van der Waals surface area contributed by atoms with E-state index in [1.165, 1.54) is 19.3 Å². The number of nitrogens with zero attached hydrogens (tertiary/aromatic N) is 1. The molecule has 3 atom stereocenters. The maximum absolute atomic E-state index is 12.9. The summed E-state index contributed by atoms with van der Waals surface area (Å²) in [6, 6.07) is 5.64. The third-order valence-electron chi connectivity index (χ3n) is 6.30. The number of piperidine rings is 1. The van der Waals surface area contributed by atoms with Crippen LogP contribution in [0.3, 0.4) is 0 Å². The van der Waals surface area contributed by atoms with Gasteiger partial charge in [0.05, 0.1) is 0 Å². The fourth-order valence-electron chi connectivity index (χ4n) is 4.65. The van der Waals surface area contributed by atoms with Crippen molar-refractivity contribution in [3.8, 4) is 0 Å². The number of fused-ring (bicyclic) bond motifs is 1. The number of imide groups is 1. The Morgan fingerprint density at radius 2 is 1.93 bits per heavy atom. The molecule has 1 aromatic rings. The van der Waals surface area contributed by atoms with E-state index in [0.717, 1.165) is 24.0 Å². The topological polar surface area (TPSA) is 105 Å². The van der Waals surface area contributed by atoms with Crippen LogP contribution in [0.4, 0.5) is 0 Å². The van der Waals surface area contributed by atoms with Crippen LogP contribution in [0.1, 0.15) is 66.4 Å². The van der Waals surface area contributed by atoms with E-state index in [0.29, 0.717) is 31.1 Å². The van der Waals surface area contributed by atoms with E-state index in [2.05, 4.69) is 10.6 Å². The number of rotatable bonds is 4. The Morgan fingerprint density at radius 1 is 1.11 bits per heavy atom. The summed E-state index contributed by atoms with van der Waals surface area (Å²) in [6.45, 7) is 1.08. The minimum atomic E-state index is -0.575. The molecule has 150 valence electrons. The van der Waals surface area contributed by atoms with Crippen LogP contribution in [-0.2, 0) is 22.7 Å². The Morgan fingerprint density at radius 3 is 2.75 bits per heavy atom. The molecule has 7 heteroatoms. The number of nitrogens with one attached hydrogen (secondary N) is 2. The van der Waals surface area contributed by atoms with E-state index in [9.17, 15) is 14.4 Å². The predicted octanol–water partition coefficient (Wildman–Crippen LogP) is 1.20. The zero-order valence-corrected chi connectivity index (χ0v) is 16.1. The first-order valence-corrected chi connectivity index (χ1v) is 10.3. The van der Waals surface area contributed by atoms with Gasteiger partial charge >= 0.3 is 0 Å². The first kappa shape index (κ1) is 19.1. The molecule has 1 aromatic carbocycles. The Kier molecular flexibility index (Phi) is 5.46. The average molecular weight is 384 g/mol. The third-order valence-corrected chi connectivity index (χ3v) is 6.30. The number of hydrogen-bond donors (Lipinski definition) is 3. The van der Waals surface area contributed by atoms with Crippen molar-refractivity contribution in [3.63, 3.8) is 0 Å². The molecule has 4 N–H and O–H groups in total. The number of carbonyl (C=O) groups is 3. The zero-order valence-electron chi connectivity index (χ0n) is 16.1. The Bertz CT molecular complexity index is 794. The lowest BCUT2D eigenvalue weighted by atomic mass is 10.0. The van der Waals surface area contributed by atoms with Gasteiger partial charge in [0.1, 0.15) is 6.04 Å². The normalized spacial score (nSPS) is 28.1. The molecule has 3 amide bonds. The van der Waals surface area contributed by atoms with Gasteiger partial charge in [-0.15, -0.1) is 0 Å². The molecular weight excluding hydrogens is 356 g/mol. The first-order chi connectivity index (χ1) is 13.5. The van der Waals surface area contributed by atoms with Crippen molar-refractivity contribution in [1.29, 1.82) is 0 Å². The van der Waals surface area contributed by atoms with Gasteiger partial charge in [0.15, 0.2) is 0 Å². The molecule has 0 spiro atoms. The quantitative estimate of drug-likeness (QED) is 0.534. The van der Waals surface area contributed by atoms with Gasteiger partial charge in [-0.2, -0.15) is 0 Å². The smallest absolute Gasteiger partial charge is 0.255 e. The summed E-state index contributed by atoms with van der Waals surface area (Å²) in [5.41, 5.74) is 9.05. The minimum absolute atomic E-state index is 0.127. The third kappa shape index (κ3) is 3.69. The van der Waals surface area contributed by atoms with Gasteiger partial charge in [-0.05, 0) is 36.5 Å². The van der Waals surface area contributed by atoms with Crippen molar-refractivity contribution in [2.75, 3.05) is 0 Å². The Labute approximate surface area is 165 Å². The summed E-state index contributed by atoms with van der Waals surface area (Å²) >= 11 is 0. The van der Waals surface area contributed by atoms with Gasteiger partial charge in [0.2, 0.25) is 11.8 Å². The van der Waals surface area contributed by atoms with Crippen molar-refractivity contribution in [2.24, 2.45) is 5.73 Å². The molecule has 1 aliphatic carbocycles. The van der Waals surface area contributed by atoms with Crippen LogP contribution in [0.25, 0.3) is 0 Å². The van der Waals surface area contributed by atoms with Gasteiger partial charge in [0.25, 0.3) is 5.91 Å². The summed E-state index contributed by atoms with van der Waals surface area (Å²) in [4.78, 5) is 38.1. The summed E-state index contributed by atoms with van der Waals surface area (Å²) in [6.07, 6.45) is 6.40. The Hall–Kier alpha value is -2.25. The highest BCUT2D eigenvalue weighted by atomic mass is 16.2. The van der Waals surface area contributed by atoms with Crippen LogP contribution in [0.5, 0.6) is 0 Å². The molecule has 2 fully saturated rings. The van der Waals surface area contributed by atoms with Gasteiger partial charge in [-0.25, -0.2) is 0 Å². The van der Waals surface area contributed by atoms with Crippen LogP contribution in [-0.4, -0.2) is 40.7 Å². The molecule has 2 heterocycles. The fourth-order valence-corrected chi connectivity index (χ4v) is 4.65. The molecule has 4 rings (SSSR count). The lowest BCUT2D eigenvalue weighted by Crippen LogP contribution is -2.52. The van der Waals surface area contributed by atoms with E-state index in [-0.39, 0.29) is 30.2 Å². The fraction of sp³-hybridized carbons (Fsp3) is 0.571. The molecule has 3 aliphatic rings. The van der Waals surface area contributed by atoms with Crippen molar-refractivity contribution in [3.05, 3.63) is 34.9 Å². The molecule has 0 radical (unpaired) electrons. The molecule has 0 bridgehead atoms. The van der Waals surface area contributed by atoms with Crippen LogP contribution in [0.2, 0.25) is 0 Å². The van der Waals surface area contributed by atoms with Gasteiger partial charge in [-0.1, -0.05) is 31.4 Å². The predicted molar refractivity (Wildman–Crippen MR) is 104 cm³/mol. The summed E-state index contributed by atoms with van der Waals surface area (Å²) in [7, 11) is 0. The lowest BCUT2D eigenvalue weighted by molar-refractivity contribution is -0.136. The van der Waals surface area contributed by atoms with E-state index in [1.54, 1.807) is 4.90 Å². The minimum Gasteiger partial charge on any atom is -0.326 e. The average Bonchev–Trinajstić information content (AvgIpc) is 2.87. The second-order valence-electron chi connectivity index (χ2n) is 8.13. The maximum atomic E-state index is 12.9. The highest BCUT2D eigenvalue weighted by Crippen LogP contribution is 2.30. The van der Waals surface area contributed by atoms with Crippen molar-refractivity contribution in [1.82, 2.24) is 15.5 Å². The van der Waals surface area contributed by atoms with Crippen molar-refractivity contribution in [2.45, 2.75) is 76.2 Å². The van der Waals surface area contributed by atoms with E-state index < -0.39 is 6.04 Å². The monoisotopic (exact) mass is 384 g/mol. The molecular formula is C21H28N4O3. The van der Waals surface area contributed by atoms with Crippen LogP contribution in [0, 0.1) is 0 Å². The van der Waals surface area contributed by atoms with Crippen molar-refractivity contribution >= 4 is 17.7 Å². The van der Waals surface area contributed by atoms with Crippen molar-refractivity contribution < 1.29 is 14.4 Å². The van der Waals surface area contributed by atoms with Gasteiger partial charge < -0.3 is 16.0 Å². The molecule has 1 saturated heterocycles. The Balaban J connectivity index is 1.48. The summed E-state index contributed by atoms with van der Waals surface area (Å²) < 4.78 is 0. The summed E-state index contributed by atoms with van der Waals surface area (Å²) in [5.74, 6) is -0.769. The van der Waals surface area contributed by atoms with E-state index in [1.807, 2.05) is 18.2 Å². The molecule has 1 saturated carbocycles. The SMILES string of the molecule is N[C@@H]1CCCCC[C@@H]1NCc1cccc2c1CN(C1CCC(=O)NC1=O)C2=O. The first-order valence-electron chi connectivity index (χ1n) is 10.3. The molecule has 7 nitrogen and oxygen atoms in total. The number of benzene rings is 1. The van der Waals surface area contributed by atoms with Gasteiger partial charge in [-0.3, -0.25) is 19.7 Å². The highest BCUT2D eigenvalue weighted by molar-refractivity contribution is 6.05. The molecule has 28 heavy (non-hydrogen) atoms. The van der Waals surface area contributed by atoms with Crippen LogP contribution in [0.15, 0.2) is 18.2 Å². The zero-order chi connectivity index (χ0) is 19.7. The second kappa shape index (κ2) is 8.01. The molecule has 2 aliphatic heterocycles. The van der Waals surface area contributed by atoms with Crippen LogP contribution < -0.4 is 16.4 Å². The number of amides is 3.